The van der Waals surface area contributed by atoms with Crippen molar-refractivity contribution >= 4 is 11.5 Å². The molecule has 2 aromatic rings. The second kappa shape index (κ2) is 6.70. The van der Waals surface area contributed by atoms with Gasteiger partial charge in [-0.25, -0.2) is 4.98 Å². The molecule has 0 aliphatic carbocycles. The number of hydrogen-bond acceptors (Lipinski definition) is 4. The number of hydrogen-bond donors (Lipinski definition) is 1. The minimum Gasteiger partial charge on any atom is -0.381 e. The molecule has 4 nitrogen and oxygen atoms in total. The van der Waals surface area contributed by atoms with Gasteiger partial charge < -0.3 is 10.2 Å². The van der Waals surface area contributed by atoms with Gasteiger partial charge in [0, 0.05) is 30.5 Å². The Labute approximate surface area is 137 Å². The van der Waals surface area contributed by atoms with Crippen LogP contribution in [-0.2, 0) is 0 Å². The number of aromatic nitrogens is 1. The second-order valence-electron chi connectivity index (χ2n) is 6.19. The van der Waals surface area contributed by atoms with Gasteiger partial charge in [-0.3, -0.25) is 0 Å². The smallest absolute Gasteiger partial charge is 0.147 e. The lowest BCUT2D eigenvalue weighted by molar-refractivity contribution is 0.526. The molecule has 1 unspecified atom stereocenters. The molecule has 0 spiro atoms. The topological polar surface area (TPSA) is 52.0 Å². The summed E-state index contributed by atoms with van der Waals surface area (Å²) < 4.78 is 0. The highest BCUT2D eigenvalue weighted by atomic mass is 15.2. The fourth-order valence-corrected chi connectivity index (χ4v) is 3.24. The molecule has 1 fully saturated rings. The first-order valence-corrected chi connectivity index (χ1v) is 8.12. The highest BCUT2D eigenvalue weighted by Gasteiger charge is 2.23. The number of nitrogens with one attached hydrogen (secondary N) is 1. The van der Waals surface area contributed by atoms with E-state index < -0.39 is 0 Å². The van der Waals surface area contributed by atoms with Crippen LogP contribution >= 0.6 is 0 Å². The normalized spacial score (nSPS) is 17.6. The van der Waals surface area contributed by atoms with Crippen LogP contribution in [0.4, 0.5) is 11.5 Å². The van der Waals surface area contributed by atoms with E-state index in [1.165, 1.54) is 0 Å². The molecule has 3 rings (SSSR count). The Morgan fingerprint density at radius 1 is 1.26 bits per heavy atom. The van der Waals surface area contributed by atoms with Crippen molar-refractivity contribution in [2.45, 2.75) is 32.7 Å². The summed E-state index contributed by atoms with van der Waals surface area (Å²) in [6, 6.07) is 15.0. The van der Waals surface area contributed by atoms with Crippen molar-refractivity contribution in [3.63, 3.8) is 0 Å². The van der Waals surface area contributed by atoms with Gasteiger partial charge in [-0.05, 0) is 50.5 Å². The van der Waals surface area contributed by atoms with Crippen LogP contribution in [0.5, 0.6) is 0 Å². The lowest BCUT2D eigenvalue weighted by Gasteiger charge is -2.35. The maximum atomic E-state index is 9.49. The summed E-state index contributed by atoms with van der Waals surface area (Å²) in [6.07, 6.45) is 2.24. The first-order chi connectivity index (χ1) is 11.2. The number of nitrogens with zero attached hydrogens (tertiary/aromatic N) is 3. The molecule has 23 heavy (non-hydrogen) atoms. The molecule has 1 aromatic heterocycles. The highest BCUT2D eigenvalue weighted by Crippen LogP contribution is 2.26. The number of piperidine rings is 1. The van der Waals surface area contributed by atoms with Crippen molar-refractivity contribution < 1.29 is 0 Å². The van der Waals surface area contributed by atoms with E-state index in [-0.39, 0.29) is 0 Å². The van der Waals surface area contributed by atoms with Crippen molar-refractivity contribution in [2.24, 2.45) is 0 Å². The van der Waals surface area contributed by atoms with Crippen LogP contribution in [-0.4, -0.2) is 24.1 Å². The molecule has 1 N–H and O–H groups in total. The Morgan fingerprint density at radius 3 is 2.78 bits per heavy atom. The number of rotatable bonds is 3. The summed E-state index contributed by atoms with van der Waals surface area (Å²) in [5.41, 5.74) is 3.83. The number of aryl methyl sites for hydroxylation is 2. The molecule has 0 bridgehead atoms. The summed E-state index contributed by atoms with van der Waals surface area (Å²) in [5, 5.41) is 13.1. The summed E-state index contributed by atoms with van der Waals surface area (Å²) in [4.78, 5) is 6.90. The van der Waals surface area contributed by atoms with Crippen molar-refractivity contribution in [3.8, 4) is 6.07 Å². The third-order valence-corrected chi connectivity index (χ3v) is 4.30. The molecule has 1 atom stereocenters. The summed E-state index contributed by atoms with van der Waals surface area (Å²) in [7, 11) is 0. The summed E-state index contributed by atoms with van der Waals surface area (Å²) in [6.45, 7) is 5.80. The van der Waals surface area contributed by atoms with E-state index in [1.807, 2.05) is 38.1 Å². The van der Waals surface area contributed by atoms with E-state index in [9.17, 15) is 5.26 Å². The molecule has 4 heteroatoms. The fraction of sp³-hybridized carbons (Fsp3) is 0.368. The molecule has 118 valence electrons. The maximum absolute atomic E-state index is 9.49. The standard InChI is InChI=1S/C19H22N4/c1-14-11-15(2)21-19(18(14)12-20)23-10-6-9-17(13-23)22-16-7-4-3-5-8-16/h3-5,7-8,11,17,22H,6,9-10,13H2,1-2H3. The van der Waals surface area contributed by atoms with Crippen molar-refractivity contribution in [1.29, 1.82) is 5.26 Å². The quantitative estimate of drug-likeness (QED) is 0.940. The van der Waals surface area contributed by atoms with Crippen molar-refractivity contribution in [1.82, 2.24) is 4.98 Å². The van der Waals surface area contributed by atoms with E-state index >= 15 is 0 Å². The van der Waals surface area contributed by atoms with E-state index in [4.69, 9.17) is 0 Å². The number of para-hydroxylation sites is 1. The van der Waals surface area contributed by atoms with Crippen LogP contribution in [0.25, 0.3) is 0 Å². The minimum absolute atomic E-state index is 0.375. The third kappa shape index (κ3) is 3.45. The molecule has 2 heterocycles. The first kappa shape index (κ1) is 15.4. The number of benzene rings is 1. The van der Waals surface area contributed by atoms with E-state index in [0.29, 0.717) is 11.6 Å². The molecular weight excluding hydrogens is 284 g/mol. The van der Waals surface area contributed by atoms with Crippen LogP contribution in [0.15, 0.2) is 36.4 Å². The average Bonchev–Trinajstić information content (AvgIpc) is 2.55. The second-order valence-corrected chi connectivity index (χ2v) is 6.19. The lowest BCUT2D eigenvalue weighted by atomic mass is 10.0. The van der Waals surface area contributed by atoms with Gasteiger partial charge in [-0.15, -0.1) is 0 Å². The van der Waals surface area contributed by atoms with Gasteiger partial charge in [0.1, 0.15) is 11.9 Å². The SMILES string of the molecule is Cc1cc(C)c(C#N)c(N2CCCC(Nc3ccccc3)C2)n1. The van der Waals surface area contributed by atoms with E-state index in [2.05, 4.69) is 33.4 Å². The largest absolute Gasteiger partial charge is 0.381 e. The molecule has 1 aliphatic heterocycles. The van der Waals surface area contributed by atoms with Gasteiger partial charge in [0.2, 0.25) is 0 Å². The first-order valence-electron chi connectivity index (χ1n) is 8.12. The Bertz CT molecular complexity index is 718. The molecule has 1 aliphatic rings. The van der Waals surface area contributed by atoms with Crippen molar-refractivity contribution in [2.75, 3.05) is 23.3 Å². The molecule has 0 radical (unpaired) electrons. The van der Waals surface area contributed by atoms with Crippen LogP contribution in [0.2, 0.25) is 0 Å². The summed E-state index contributed by atoms with van der Waals surface area (Å²) >= 11 is 0. The Kier molecular flexibility index (Phi) is 4.47. The van der Waals surface area contributed by atoms with Gasteiger partial charge >= 0.3 is 0 Å². The number of anilines is 2. The van der Waals surface area contributed by atoms with Crippen LogP contribution < -0.4 is 10.2 Å². The lowest BCUT2D eigenvalue weighted by Crippen LogP contribution is -2.43. The molecule has 1 saturated heterocycles. The van der Waals surface area contributed by atoms with Gasteiger partial charge in [-0.2, -0.15) is 5.26 Å². The maximum Gasteiger partial charge on any atom is 0.147 e. The van der Waals surface area contributed by atoms with Gasteiger partial charge in [0.05, 0.1) is 5.56 Å². The zero-order valence-electron chi connectivity index (χ0n) is 13.7. The van der Waals surface area contributed by atoms with Crippen LogP contribution in [0, 0.1) is 25.2 Å². The minimum atomic E-state index is 0.375. The fourth-order valence-electron chi connectivity index (χ4n) is 3.24. The van der Waals surface area contributed by atoms with Gasteiger partial charge in [0.25, 0.3) is 0 Å². The van der Waals surface area contributed by atoms with Gasteiger partial charge in [-0.1, -0.05) is 18.2 Å². The number of pyridine rings is 1. The van der Waals surface area contributed by atoms with E-state index in [1.54, 1.807) is 0 Å². The predicted octanol–water partition coefficient (Wildman–Crippen LogP) is 3.65. The molecule has 0 amide bonds. The van der Waals surface area contributed by atoms with Crippen LogP contribution in [0.1, 0.15) is 29.7 Å². The highest BCUT2D eigenvalue weighted by molar-refractivity contribution is 5.58. The number of nitriles is 1. The van der Waals surface area contributed by atoms with E-state index in [0.717, 1.165) is 48.7 Å². The molecule has 0 saturated carbocycles. The zero-order valence-corrected chi connectivity index (χ0v) is 13.7. The summed E-state index contributed by atoms with van der Waals surface area (Å²) in [5.74, 6) is 0.838. The Morgan fingerprint density at radius 2 is 2.04 bits per heavy atom. The Balaban J connectivity index is 1.80. The Hall–Kier alpha value is -2.54. The van der Waals surface area contributed by atoms with Gasteiger partial charge in [0.15, 0.2) is 0 Å². The van der Waals surface area contributed by atoms with Crippen LogP contribution in [0.3, 0.4) is 0 Å². The predicted molar refractivity (Wildman–Crippen MR) is 93.7 cm³/mol. The monoisotopic (exact) mass is 306 g/mol. The average molecular weight is 306 g/mol. The van der Waals surface area contributed by atoms with Crippen molar-refractivity contribution in [3.05, 3.63) is 53.2 Å². The zero-order chi connectivity index (χ0) is 16.2. The molecule has 1 aromatic carbocycles. The third-order valence-electron chi connectivity index (χ3n) is 4.30. The molecular formula is C19H22N4.